The van der Waals surface area contributed by atoms with Crippen molar-refractivity contribution >= 4 is 35.2 Å². The molecule has 2 rings (SSSR count). The predicted octanol–water partition coefficient (Wildman–Crippen LogP) is 2.44. The lowest BCUT2D eigenvalue weighted by Gasteiger charge is -2.10. The van der Waals surface area contributed by atoms with E-state index in [-0.39, 0.29) is 18.4 Å². The predicted molar refractivity (Wildman–Crippen MR) is 93.2 cm³/mol. The minimum absolute atomic E-state index is 0.0729. The van der Waals surface area contributed by atoms with Gasteiger partial charge in [0, 0.05) is 23.6 Å². The number of rotatable bonds is 6. The summed E-state index contributed by atoms with van der Waals surface area (Å²) in [6, 6.07) is 5.01. The Kier molecular flexibility index (Phi) is 6.66. The van der Waals surface area contributed by atoms with Gasteiger partial charge in [-0.2, -0.15) is 0 Å². The van der Waals surface area contributed by atoms with Gasteiger partial charge in [-0.15, -0.1) is 11.8 Å². The van der Waals surface area contributed by atoms with Crippen molar-refractivity contribution in [3.63, 3.8) is 0 Å². The Hall–Kier alpha value is -2.02. The molecule has 0 saturated carbocycles. The summed E-state index contributed by atoms with van der Waals surface area (Å²) in [5.74, 6) is 0.235. The van der Waals surface area contributed by atoms with E-state index in [9.17, 15) is 14.4 Å². The molecular formula is C17H22N2O4S. The zero-order valence-corrected chi connectivity index (χ0v) is 14.7. The van der Waals surface area contributed by atoms with Crippen molar-refractivity contribution < 1.29 is 19.1 Å². The molecule has 1 aliphatic heterocycles. The molecule has 0 saturated heterocycles. The number of nitrogens with one attached hydrogen (secondary N) is 2. The van der Waals surface area contributed by atoms with Crippen molar-refractivity contribution in [2.75, 3.05) is 24.2 Å². The van der Waals surface area contributed by atoms with Gasteiger partial charge in [-0.05, 0) is 30.5 Å². The van der Waals surface area contributed by atoms with Crippen LogP contribution in [0.5, 0.6) is 0 Å². The van der Waals surface area contributed by atoms with Crippen LogP contribution in [0.3, 0.4) is 0 Å². The highest BCUT2D eigenvalue weighted by molar-refractivity contribution is 7.99. The van der Waals surface area contributed by atoms with Crippen LogP contribution in [0.1, 0.15) is 37.0 Å². The summed E-state index contributed by atoms with van der Waals surface area (Å²) < 4.78 is 5.03. The van der Waals surface area contributed by atoms with E-state index < -0.39 is 5.97 Å². The minimum atomic E-state index is -0.583. The molecular weight excluding hydrogens is 328 g/mol. The van der Waals surface area contributed by atoms with E-state index in [1.165, 1.54) is 0 Å². The van der Waals surface area contributed by atoms with Gasteiger partial charge in [-0.25, -0.2) is 4.79 Å². The maximum atomic E-state index is 12.1. The number of thioether (sulfide) groups is 1. The monoisotopic (exact) mass is 350 g/mol. The second-order valence-corrected chi connectivity index (χ2v) is 7.10. The van der Waals surface area contributed by atoms with E-state index in [1.807, 2.05) is 0 Å². The first kappa shape index (κ1) is 18.3. The number of esters is 1. The van der Waals surface area contributed by atoms with Crippen LogP contribution < -0.4 is 10.6 Å². The van der Waals surface area contributed by atoms with Crippen molar-refractivity contribution in [3.8, 4) is 0 Å². The Morgan fingerprint density at radius 3 is 2.92 bits per heavy atom. The fourth-order valence-corrected chi connectivity index (χ4v) is 3.05. The third kappa shape index (κ3) is 5.56. The zero-order valence-electron chi connectivity index (χ0n) is 13.9. The minimum Gasteiger partial charge on any atom is -0.452 e. The number of carbonyl (C=O) groups excluding carboxylic acids is 3. The summed E-state index contributed by atoms with van der Waals surface area (Å²) in [6.07, 6.45) is 1.32. The van der Waals surface area contributed by atoms with Crippen LogP contribution in [0.2, 0.25) is 0 Å². The maximum Gasteiger partial charge on any atom is 0.338 e. The highest BCUT2D eigenvalue weighted by atomic mass is 32.2. The number of carbonyl (C=O) groups is 3. The molecule has 0 aromatic heterocycles. The molecule has 24 heavy (non-hydrogen) atoms. The van der Waals surface area contributed by atoms with Crippen molar-refractivity contribution in [1.29, 1.82) is 0 Å². The molecule has 0 radical (unpaired) electrons. The number of amides is 2. The Morgan fingerprint density at radius 1 is 1.38 bits per heavy atom. The van der Waals surface area contributed by atoms with Crippen LogP contribution in [0.25, 0.3) is 0 Å². The SMILES string of the molecule is CC(C)CCNC(=O)COC(=O)c1ccc2c(c1)NC(=O)CCS2. The summed E-state index contributed by atoms with van der Waals surface area (Å²) in [6.45, 7) is 4.40. The summed E-state index contributed by atoms with van der Waals surface area (Å²) in [5, 5.41) is 5.48. The fraction of sp³-hybridized carbons (Fsp3) is 0.471. The average Bonchev–Trinajstić information content (AvgIpc) is 2.71. The Bertz CT molecular complexity index is 631. The van der Waals surface area contributed by atoms with E-state index in [0.29, 0.717) is 35.9 Å². The molecule has 1 aromatic rings. The van der Waals surface area contributed by atoms with Crippen LogP contribution in [0, 0.1) is 5.92 Å². The molecule has 1 aliphatic rings. The molecule has 0 atom stereocenters. The van der Waals surface area contributed by atoms with Gasteiger partial charge in [-0.3, -0.25) is 9.59 Å². The third-order valence-corrected chi connectivity index (χ3v) is 4.53. The molecule has 0 spiro atoms. The van der Waals surface area contributed by atoms with E-state index in [2.05, 4.69) is 24.5 Å². The highest BCUT2D eigenvalue weighted by Gasteiger charge is 2.17. The standard InChI is InChI=1S/C17H22N2O4S/c1-11(2)5-7-18-16(21)10-23-17(22)12-3-4-14-13(9-12)19-15(20)6-8-24-14/h3-4,9,11H,5-8,10H2,1-2H3,(H,18,21)(H,19,20). The molecule has 2 N–H and O–H groups in total. The summed E-state index contributed by atoms with van der Waals surface area (Å²) in [4.78, 5) is 36.2. The average molecular weight is 350 g/mol. The first-order chi connectivity index (χ1) is 11.5. The maximum absolute atomic E-state index is 12.1. The lowest BCUT2D eigenvalue weighted by Crippen LogP contribution is -2.30. The Morgan fingerprint density at radius 2 is 2.17 bits per heavy atom. The Labute approximate surface area is 145 Å². The van der Waals surface area contributed by atoms with Crippen LogP contribution in [0.15, 0.2) is 23.1 Å². The highest BCUT2D eigenvalue weighted by Crippen LogP contribution is 2.31. The summed E-state index contributed by atoms with van der Waals surface area (Å²) >= 11 is 1.56. The van der Waals surface area contributed by atoms with Crippen LogP contribution >= 0.6 is 11.8 Å². The molecule has 0 aliphatic carbocycles. The molecule has 1 heterocycles. The third-order valence-electron chi connectivity index (χ3n) is 3.45. The topological polar surface area (TPSA) is 84.5 Å². The van der Waals surface area contributed by atoms with Gasteiger partial charge in [-0.1, -0.05) is 13.8 Å². The number of ether oxygens (including phenoxy) is 1. The van der Waals surface area contributed by atoms with E-state index in [1.54, 1.807) is 30.0 Å². The van der Waals surface area contributed by atoms with E-state index in [4.69, 9.17) is 4.74 Å². The van der Waals surface area contributed by atoms with Crippen molar-refractivity contribution in [3.05, 3.63) is 23.8 Å². The number of anilines is 1. The quantitative estimate of drug-likeness (QED) is 0.770. The molecule has 0 fully saturated rings. The van der Waals surface area contributed by atoms with Gasteiger partial charge in [0.1, 0.15) is 0 Å². The molecule has 130 valence electrons. The molecule has 6 nitrogen and oxygen atoms in total. The first-order valence-corrected chi connectivity index (χ1v) is 8.95. The molecule has 0 unspecified atom stereocenters. The molecule has 7 heteroatoms. The second kappa shape index (κ2) is 8.73. The Balaban J connectivity index is 1.88. The number of hydrogen-bond donors (Lipinski definition) is 2. The van der Waals surface area contributed by atoms with E-state index in [0.717, 1.165) is 11.3 Å². The fourth-order valence-electron chi connectivity index (χ4n) is 2.11. The molecule has 2 amide bonds. The first-order valence-electron chi connectivity index (χ1n) is 7.96. The van der Waals surface area contributed by atoms with Gasteiger partial charge in [0.05, 0.1) is 11.3 Å². The van der Waals surface area contributed by atoms with Gasteiger partial charge in [0.25, 0.3) is 5.91 Å². The van der Waals surface area contributed by atoms with Crippen LogP contribution in [0.4, 0.5) is 5.69 Å². The normalized spacial score (nSPS) is 13.7. The van der Waals surface area contributed by atoms with Gasteiger partial charge >= 0.3 is 5.97 Å². The molecule has 0 bridgehead atoms. The van der Waals surface area contributed by atoms with E-state index >= 15 is 0 Å². The van der Waals surface area contributed by atoms with Crippen molar-refractivity contribution in [1.82, 2.24) is 5.32 Å². The van der Waals surface area contributed by atoms with Crippen LogP contribution in [-0.4, -0.2) is 36.7 Å². The van der Waals surface area contributed by atoms with Crippen LogP contribution in [-0.2, 0) is 14.3 Å². The largest absolute Gasteiger partial charge is 0.452 e. The lowest BCUT2D eigenvalue weighted by molar-refractivity contribution is -0.124. The van der Waals surface area contributed by atoms with Crippen molar-refractivity contribution in [2.45, 2.75) is 31.6 Å². The number of fused-ring (bicyclic) bond motifs is 1. The second-order valence-electron chi connectivity index (χ2n) is 5.97. The number of benzene rings is 1. The summed E-state index contributed by atoms with van der Waals surface area (Å²) in [5.41, 5.74) is 0.921. The number of hydrogen-bond acceptors (Lipinski definition) is 5. The molecule has 1 aromatic carbocycles. The van der Waals surface area contributed by atoms with Gasteiger partial charge in [0.2, 0.25) is 5.91 Å². The summed E-state index contributed by atoms with van der Waals surface area (Å²) in [7, 11) is 0. The zero-order chi connectivity index (χ0) is 17.5. The van der Waals surface area contributed by atoms with Crippen molar-refractivity contribution in [2.24, 2.45) is 5.92 Å². The van der Waals surface area contributed by atoms with Gasteiger partial charge in [0.15, 0.2) is 6.61 Å². The lowest BCUT2D eigenvalue weighted by atomic mass is 10.1. The smallest absolute Gasteiger partial charge is 0.338 e. The van der Waals surface area contributed by atoms with Gasteiger partial charge < -0.3 is 15.4 Å².